The normalized spacial score (nSPS) is 20.5. The van der Waals surface area contributed by atoms with Crippen LogP contribution in [-0.2, 0) is 9.53 Å². The molecule has 1 aliphatic rings. The van der Waals surface area contributed by atoms with Crippen LogP contribution < -0.4 is 0 Å². The first-order valence-electron chi connectivity index (χ1n) is 11.2. The summed E-state index contributed by atoms with van der Waals surface area (Å²) in [5.74, 6) is 1.10. The van der Waals surface area contributed by atoms with Crippen LogP contribution in [0.3, 0.4) is 0 Å². The Bertz CT molecular complexity index is 402. The topological polar surface area (TPSA) is 26.3 Å². The molecule has 2 nitrogen and oxygen atoms in total. The van der Waals surface area contributed by atoms with Gasteiger partial charge in [-0.15, -0.1) is 0 Å². The van der Waals surface area contributed by atoms with Crippen molar-refractivity contribution in [1.29, 1.82) is 0 Å². The van der Waals surface area contributed by atoms with E-state index in [1.54, 1.807) is 0 Å². The van der Waals surface area contributed by atoms with Crippen molar-refractivity contribution in [2.75, 3.05) is 0 Å². The molecule has 0 aliphatic heterocycles. The van der Waals surface area contributed by atoms with Crippen molar-refractivity contribution in [1.82, 2.24) is 0 Å². The van der Waals surface area contributed by atoms with Gasteiger partial charge in [-0.05, 0) is 54.8 Å². The summed E-state index contributed by atoms with van der Waals surface area (Å²) in [7, 11) is 0. The molecular formula is C24H46O2. The molecule has 0 N–H and O–H groups in total. The average Bonchev–Trinajstić information content (AvgIpc) is 2.54. The number of hydrogen-bond acceptors (Lipinski definition) is 2. The molecular weight excluding hydrogens is 320 g/mol. The fourth-order valence-corrected chi connectivity index (χ4v) is 4.58. The van der Waals surface area contributed by atoms with Crippen molar-refractivity contribution in [3.63, 3.8) is 0 Å². The summed E-state index contributed by atoms with van der Waals surface area (Å²) in [5, 5.41) is 0. The lowest BCUT2D eigenvalue weighted by Gasteiger charge is -2.39. The molecule has 26 heavy (non-hydrogen) atoms. The van der Waals surface area contributed by atoms with Crippen LogP contribution in [0.15, 0.2) is 0 Å². The number of hydrogen-bond donors (Lipinski definition) is 0. The molecule has 1 fully saturated rings. The summed E-state index contributed by atoms with van der Waals surface area (Å²) in [5.41, 5.74) is 0.0683. The highest BCUT2D eigenvalue weighted by molar-refractivity contribution is 5.73. The summed E-state index contributed by atoms with van der Waals surface area (Å²) < 4.78 is 6.39. The fraction of sp³-hybridized carbons (Fsp3) is 0.958. The minimum atomic E-state index is -0.0616. The maximum atomic E-state index is 13.3. The molecule has 154 valence electrons. The Kier molecular flexibility index (Phi) is 9.16. The molecule has 0 aromatic carbocycles. The molecule has 0 heterocycles. The molecule has 0 aromatic heterocycles. The van der Waals surface area contributed by atoms with Crippen molar-refractivity contribution in [3.05, 3.63) is 0 Å². The fourth-order valence-electron chi connectivity index (χ4n) is 4.58. The van der Waals surface area contributed by atoms with Gasteiger partial charge in [-0.25, -0.2) is 0 Å². The molecule has 1 rings (SSSR count). The zero-order valence-electron chi connectivity index (χ0n) is 19.0. The lowest BCUT2D eigenvalue weighted by atomic mass is 9.72. The number of rotatable bonds is 8. The second kappa shape index (κ2) is 10.1. The van der Waals surface area contributed by atoms with E-state index >= 15 is 0 Å². The van der Waals surface area contributed by atoms with Gasteiger partial charge < -0.3 is 4.74 Å². The SMILES string of the molecule is CCCC(CC)C(OC(=O)C(CC(C)(C)C)C(C)(C)C)C1CCCCC1. The second-order valence-corrected chi connectivity index (χ2v) is 10.9. The predicted molar refractivity (Wildman–Crippen MR) is 112 cm³/mol. The highest BCUT2D eigenvalue weighted by atomic mass is 16.5. The van der Waals surface area contributed by atoms with Crippen LogP contribution in [-0.4, -0.2) is 12.1 Å². The second-order valence-electron chi connectivity index (χ2n) is 10.9. The zero-order chi connectivity index (χ0) is 20.0. The van der Waals surface area contributed by atoms with E-state index in [0.717, 1.165) is 12.8 Å². The van der Waals surface area contributed by atoms with E-state index < -0.39 is 0 Å². The average molecular weight is 367 g/mol. The molecule has 0 amide bonds. The van der Waals surface area contributed by atoms with Crippen LogP contribution in [0.2, 0.25) is 0 Å². The van der Waals surface area contributed by atoms with E-state index in [4.69, 9.17) is 4.74 Å². The molecule has 0 radical (unpaired) electrons. The van der Waals surface area contributed by atoms with Crippen LogP contribution in [0, 0.1) is 28.6 Å². The van der Waals surface area contributed by atoms with Crippen molar-refractivity contribution in [3.8, 4) is 0 Å². The summed E-state index contributed by atoms with van der Waals surface area (Å²) in [6, 6.07) is 0. The molecule has 0 bridgehead atoms. The zero-order valence-corrected chi connectivity index (χ0v) is 19.0. The van der Waals surface area contributed by atoms with Gasteiger partial charge in [-0.1, -0.05) is 81.1 Å². The quantitative estimate of drug-likeness (QED) is 0.418. The molecule has 0 aromatic rings. The van der Waals surface area contributed by atoms with Gasteiger partial charge in [-0.3, -0.25) is 4.79 Å². The van der Waals surface area contributed by atoms with E-state index in [-0.39, 0.29) is 28.8 Å². The highest BCUT2D eigenvalue weighted by Crippen LogP contribution is 2.39. The minimum absolute atomic E-state index is 0.0345. The Morgan fingerprint density at radius 3 is 2.00 bits per heavy atom. The summed E-state index contributed by atoms with van der Waals surface area (Å²) in [6.45, 7) is 17.7. The number of carbonyl (C=O) groups is 1. The first-order chi connectivity index (χ1) is 12.0. The largest absolute Gasteiger partial charge is 0.462 e. The van der Waals surface area contributed by atoms with Gasteiger partial charge >= 0.3 is 5.97 Å². The van der Waals surface area contributed by atoms with Gasteiger partial charge in [0.1, 0.15) is 6.10 Å². The molecule has 3 unspecified atom stereocenters. The van der Waals surface area contributed by atoms with Crippen molar-refractivity contribution in [2.24, 2.45) is 28.6 Å². The first kappa shape index (κ1) is 23.5. The Morgan fingerprint density at radius 1 is 1.00 bits per heavy atom. The van der Waals surface area contributed by atoms with Crippen molar-refractivity contribution < 1.29 is 9.53 Å². The number of carbonyl (C=O) groups excluding carboxylic acids is 1. The lowest BCUT2D eigenvalue weighted by molar-refractivity contribution is -0.167. The lowest BCUT2D eigenvalue weighted by Crippen LogP contribution is -2.40. The third-order valence-corrected chi connectivity index (χ3v) is 6.16. The van der Waals surface area contributed by atoms with E-state index in [1.165, 1.54) is 44.9 Å². The standard InChI is InChI=1S/C24H46O2/c1-9-14-18(10-2)21(19-15-12-11-13-16-19)26-22(25)20(24(6,7)8)17-23(3,4)5/h18-21H,9-17H2,1-8H3. The molecule has 0 spiro atoms. The third kappa shape index (κ3) is 7.61. The van der Waals surface area contributed by atoms with Gasteiger partial charge in [0.15, 0.2) is 0 Å². The van der Waals surface area contributed by atoms with E-state index in [0.29, 0.717) is 11.8 Å². The predicted octanol–water partition coefficient (Wildman–Crippen LogP) is 7.40. The van der Waals surface area contributed by atoms with E-state index in [1.807, 2.05) is 0 Å². The first-order valence-corrected chi connectivity index (χ1v) is 11.2. The molecule has 1 saturated carbocycles. The summed E-state index contributed by atoms with van der Waals surface area (Å²) in [6.07, 6.45) is 10.9. The monoisotopic (exact) mass is 366 g/mol. The van der Waals surface area contributed by atoms with Crippen LogP contribution in [0.4, 0.5) is 0 Å². The van der Waals surface area contributed by atoms with Crippen molar-refractivity contribution >= 4 is 5.97 Å². The van der Waals surface area contributed by atoms with Gasteiger partial charge in [0.2, 0.25) is 0 Å². The number of ether oxygens (including phenoxy) is 1. The highest BCUT2D eigenvalue weighted by Gasteiger charge is 2.39. The molecule has 0 saturated heterocycles. The summed E-state index contributed by atoms with van der Waals surface area (Å²) in [4.78, 5) is 13.3. The van der Waals surface area contributed by atoms with E-state index in [9.17, 15) is 4.79 Å². The number of esters is 1. The van der Waals surface area contributed by atoms with Crippen LogP contribution >= 0.6 is 0 Å². The van der Waals surface area contributed by atoms with Gasteiger partial charge in [-0.2, -0.15) is 0 Å². The maximum absolute atomic E-state index is 13.3. The van der Waals surface area contributed by atoms with Gasteiger partial charge in [0.25, 0.3) is 0 Å². The van der Waals surface area contributed by atoms with Crippen molar-refractivity contribution in [2.45, 2.75) is 119 Å². The third-order valence-electron chi connectivity index (χ3n) is 6.16. The maximum Gasteiger partial charge on any atom is 0.309 e. The smallest absolute Gasteiger partial charge is 0.309 e. The van der Waals surface area contributed by atoms with Crippen LogP contribution in [0.5, 0.6) is 0 Å². The van der Waals surface area contributed by atoms with Crippen LogP contribution in [0.1, 0.15) is 113 Å². The van der Waals surface area contributed by atoms with E-state index in [2.05, 4.69) is 55.4 Å². The molecule has 3 atom stereocenters. The Morgan fingerprint density at radius 2 is 1.58 bits per heavy atom. The Labute approximate surface area is 163 Å². The minimum Gasteiger partial charge on any atom is -0.462 e. The summed E-state index contributed by atoms with van der Waals surface area (Å²) >= 11 is 0. The van der Waals surface area contributed by atoms with Crippen LogP contribution in [0.25, 0.3) is 0 Å². The Hall–Kier alpha value is -0.530. The van der Waals surface area contributed by atoms with Gasteiger partial charge in [0, 0.05) is 0 Å². The van der Waals surface area contributed by atoms with Gasteiger partial charge in [0.05, 0.1) is 5.92 Å². The Balaban J connectivity index is 2.99. The molecule has 2 heteroatoms. The molecule has 1 aliphatic carbocycles.